The molecule has 2 N–H and O–H groups in total. The number of nitrogens with one attached hydrogen (secondary N) is 1. The lowest BCUT2D eigenvalue weighted by Gasteiger charge is -2.06. The van der Waals surface area contributed by atoms with E-state index in [1.165, 1.54) is 12.2 Å². The van der Waals surface area contributed by atoms with Gasteiger partial charge in [-0.2, -0.15) is 18.2 Å². The first-order valence-electron chi connectivity index (χ1n) is 5.71. The number of hydrogen-bond acceptors (Lipinski definition) is 3. The molecule has 0 aliphatic rings. The molecule has 0 aliphatic heterocycles. The third kappa shape index (κ3) is 4.21. The Kier molecular flexibility index (Phi) is 5.14. The summed E-state index contributed by atoms with van der Waals surface area (Å²) in [7, 11) is 0. The molecular formula is C13H7F3I2N2O2. The lowest BCUT2D eigenvalue weighted by atomic mass is 10.1. The maximum atomic E-state index is 12.6. The van der Waals surface area contributed by atoms with E-state index in [9.17, 15) is 23.1 Å². The molecule has 1 aromatic heterocycles. The molecule has 1 heterocycles. The van der Waals surface area contributed by atoms with E-state index in [-0.39, 0.29) is 11.4 Å². The van der Waals surface area contributed by atoms with Crippen molar-refractivity contribution in [3.05, 3.63) is 52.8 Å². The summed E-state index contributed by atoms with van der Waals surface area (Å²) in [4.78, 5) is 16.3. The molecule has 0 fully saturated rings. The van der Waals surface area contributed by atoms with E-state index in [2.05, 4.69) is 27.6 Å². The number of halogens is 5. The Bertz CT molecular complexity index is 801. The van der Waals surface area contributed by atoms with Gasteiger partial charge in [0.25, 0.3) is 0 Å². The molecule has 0 saturated heterocycles. The van der Waals surface area contributed by atoms with Gasteiger partial charge in [-0.25, -0.2) is 4.79 Å². The maximum Gasteiger partial charge on any atom is 0.431 e. The van der Waals surface area contributed by atoms with Crippen molar-refractivity contribution in [1.82, 2.24) is 9.97 Å². The van der Waals surface area contributed by atoms with E-state index in [1.807, 2.05) is 22.6 Å². The van der Waals surface area contributed by atoms with E-state index in [0.29, 0.717) is 9.13 Å². The largest absolute Gasteiger partial charge is 0.506 e. The van der Waals surface area contributed by atoms with Gasteiger partial charge in [0.1, 0.15) is 11.4 Å². The molecular weight excluding hydrogens is 527 g/mol. The average Bonchev–Trinajstić information content (AvgIpc) is 2.39. The number of phenols is 1. The quantitative estimate of drug-likeness (QED) is 0.576. The van der Waals surface area contributed by atoms with Crippen LogP contribution in [0.2, 0.25) is 0 Å². The Morgan fingerprint density at radius 3 is 2.50 bits per heavy atom. The van der Waals surface area contributed by atoms with E-state index < -0.39 is 17.6 Å². The molecule has 116 valence electrons. The predicted molar refractivity (Wildman–Crippen MR) is 92.3 cm³/mol. The normalized spacial score (nSPS) is 12.0. The molecule has 0 saturated carbocycles. The van der Waals surface area contributed by atoms with Crippen LogP contribution in [-0.4, -0.2) is 15.1 Å². The van der Waals surface area contributed by atoms with Crippen LogP contribution in [-0.2, 0) is 6.18 Å². The monoisotopic (exact) mass is 534 g/mol. The van der Waals surface area contributed by atoms with Crippen LogP contribution in [0.25, 0.3) is 12.2 Å². The van der Waals surface area contributed by atoms with Crippen LogP contribution < -0.4 is 5.69 Å². The smallest absolute Gasteiger partial charge is 0.431 e. The summed E-state index contributed by atoms with van der Waals surface area (Å²) < 4.78 is 39.3. The molecule has 22 heavy (non-hydrogen) atoms. The fourth-order valence-corrected chi connectivity index (χ4v) is 3.49. The van der Waals surface area contributed by atoms with E-state index in [4.69, 9.17) is 0 Å². The highest BCUT2D eigenvalue weighted by molar-refractivity contribution is 14.1. The molecule has 0 spiro atoms. The number of hydrogen-bond donors (Lipinski definition) is 2. The lowest BCUT2D eigenvalue weighted by Crippen LogP contribution is -2.19. The number of aromatic nitrogens is 2. The summed E-state index contributed by atoms with van der Waals surface area (Å²) in [5.74, 6) is 0.0122. The van der Waals surface area contributed by atoms with Crippen LogP contribution in [0.1, 0.15) is 17.0 Å². The average molecular weight is 534 g/mol. The fraction of sp³-hybridized carbons (Fsp3) is 0.0769. The number of aromatic hydroxyl groups is 1. The van der Waals surface area contributed by atoms with Crippen LogP contribution in [0, 0.1) is 7.14 Å². The number of nitrogens with zero attached hydrogens (tertiary/aromatic N) is 1. The van der Waals surface area contributed by atoms with Crippen molar-refractivity contribution in [2.45, 2.75) is 6.18 Å². The van der Waals surface area contributed by atoms with Gasteiger partial charge >= 0.3 is 11.9 Å². The molecule has 2 aromatic rings. The van der Waals surface area contributed by atoms with E-state index >= 15 is 0 Å². The molecule has 0 unspecified atom stereocenters. The first kappa shape index (κ1) is 17.2. The third-order valence-electron chi connectivity index (χ3n) is 2.56. The van der Waals surface area contributed by atoms with Gasteiger partial charge < -0.3 is 10.1 Å². The summed E-state index contributed by atoms with van der Waals surface area (Å²) in [5, 5.41) is 9.91. The second kappa shape index (κ2) is 6.56. The Balaban J connectivity index is 2.43. The van der Waals surface area contributed by atoms with Crippen molar-refractivity contribution < 1.29 is 18.3 Å². The summed E-state index contributed by atoms with van der Waals surface area (Å²) >= 11 is 4.00. The van der Waals surface area contributed by atoms with Crippen molar-refractivity contribution in [2.75, 3.05) is 0 Å². The molecule has 0 radical (unpaired) electrons. The molecule has 0 atom stereocenters. The minimum absolute atomic E-state index is 0.0122. The zero-order valence-corrected chi connectivity index (χ0v) is 14.9. The molecule has 0 amide bonds. The zero-order chi connectivity index (χ0) is 16.5. The van der Waals surface area contributed by atoms with Gasteiger partial charge in [0, 0.05) is 9.13 Å². The predicted octanol–water partition coefficient (Wildman–Crippen LogP) is 3.87. The van der Waals surface area contributed by atoms with Gasteiger partial charge in [-0.05, 0) is 75.5 Å². The molecule has 2 rings (SSSR count). The number of phenolic OH excluding ortho intramolecular Hbond substituents is 1. The molecule has 9 heteroatoms. The highest BCUT2D eigenvalue weighted by Crippen LogP contribution is 2.29. The van der Waals surface area contributed by atoms with E-state index in [0.717, 1.165) is 9.64 Å². The van der Waals surface area contributed by atoms with Crippen LogP contribution in [0.5, 0.6) is 5.75 Å². The highest BCUT2D eigenvalue weighted by Gasteiger charge is 2.32. The van der Waals surface area contributed by atoms with Gasteiger partial charge in [-0.15, -0.1) is 0 Å². The number of H-pyrrole nitrogens is 1. The van der Waals surface area contributed by atoms with Crippen molar-refractivity contribution in [3.63, 3.8) is 0 Å². The maximum absolute atomic E-state index is 12.6. The minimum Gasteiger partial charge on any atom is -0.506 e. The third-order valence-corrected chi connectivity index (χ3v) is 4.01. The summed E-state index contributed by atoms with van der Waals surface area (Å²) in [6.07, 6.45) is -2.02. The number of alkyl halides is 3. The summed E-state index contributed by atoms with van der Waals surface area (Å²) in [6.45, 7) is 0. The molecule has 1 aromatic carbocycles. The van der Waals surface area contributed by atoms with Crippen molar-refractivity contribution in [3.8, 4) is 5.75 Å². The number of benzene rings is 1. The van der Waals surface area contributed by atoms with Gasteiger partial charge in [0.15, 0.2) is 0 Å². The Morgan fingerprint density at radius 1 is 1.18 bits per heavy atom. The topological polar surface area (TPSA) is 66.0 Å². The Morgan fingerprint density at radius 2 is 1.86 bits per heavy atom. The van der Waals surface area contributed by atoms with Gasteiger partial charge in [0.05, 0.1) is 9.26 Å². The SMILES string of the molecule is O=c1nc(C=Cc2cc(I)cc(I)c2O)cc(C(F)(F)F)[nH]1. The standard InChI is InChI=1S/C13H7F3I2N2O2/c14-13(15,16)10-5-8(19-12(22)20-10)2-1-6-3-7(17)4-9(18)11(6)21/h1-5,21H,(H,19,20,22). The van der Waals surface area contributed by atoms with E-state index in [1.54, 1.807) is 17.1 Å². The van der Waals surface area contributed by atoms with Crippen molar-refractivity contribution in [1.29, 1.82) is 0 Å². The molecule has 4 nitrogen and oxygen atoms in total. The van der Waals surface area contributed by atoms with Gasteiger partial charge in [-0.3, -0.25) is 0 Å². The summed E-state index contributed by atoms with van der Waals surface area (Å²) in [6, 6.07) is 4.14. The van der Waals surface area contributed by atoms with Gasteiger partial charge in [0.2, 0.25) is 0 Å². The number of aromatic amines is 1. The first-order chi connectivity index (χ1) is 10.2. The lowest BCUT2D eigenvalue weighted by molar-refractivity contribution is -0.141. The zero-order valence-electron chi connectivity index (χ0n) is 10.6. The first-order valence-corrected chi connectivity index (χ1v) is 7.87. The Labute approximate surface area is 149 Å². The van der Waals surface area contributed by atoms with Crippen LogP contribution in [0.3, 0.4) is 0 Å². The van der Waals surface area contributed by atoms with Crippen molar-refractivity contribution in [2.24, 2.45) is 0 Å². The molecule has 0 aliphatic carbocycles. The van der Waals surface area contributed by atoms with Crippen LogP contribution >= 0.6 is 45.2 Å². The van der Waals surface area contributed by atoms with Crippen LogP contribution in [0.15, 0.2) is 23.0 Å². The summed E-state index contributed by atoms with van der Waals surface area (Å²) in [5.41, 5.74) is -1.99. The minimum atomic E-state index is -4.66. The van der Waals surface area contributed by atoms with Crippen molar-refractivity contribution >= 4 is 57.3 Å². The second-order valence-corrected chi connectivity index (χ2v) is 6.59. The highest BCUT2D eigenvalue weighted by atomic mass is 127. The second-order valence-electron chi connectivity index (χ2n) is 4.18. The van der Waals surface area contributed by atoms with Gasteiger partial charge in [-0.1, -0.05) is 0 Å². The number of rotatable bonds is 2. The van der Waals surface area contributed by atoms with Crippen LogP contribution in [0.4, 0.5) is 13.2 Å². The Hall–Kier alpha value is -1.11. The fourth-order valence-electron chi connectivity index (χ4n) is 1.60. The molecule has 0 bridgehead atoms.